The predicted octanol–water partition coefficient (Wildman–Crippen LogP) is 3.38. The van der Waals surface area contributed by atoms with Crippen molar-refractivity contribution in [3.63, 3.8) is 0 Å². The molecule has 2 aromatic rings. The van der Waals surface area contributed by atoms with Crippen LogP contribution in [0.1, 0.15) is 29.8 Å². The summed E-state index contributed by atoms with van der Waals surface area (Å²) in [4.78, 5) is 35.8. The highest BCUT2D eigenvalue weighted by Crippen LogP contribution is 2.16. The van der Waals surface area contributed by atoms with Crippen LogP contribution in [-0.4, -0.2) is 30.9 Å². The van der Waals surface area contributed by atoms with Gasteiger partial charge in [0.15, 0.2) is 6.10 Å². The van der Waals surface area contributed by atoms with Crippen molar-refractivity contribution in [1.29, 1.82) is 5.26 Å². The quantitative estimate of drug-likeness (QED) is 0.335. The van der Waals surface area contributed by atoms with E-state index in [9.17, 15) is 19.6 Å². The minimum absolute atomic E-state index is 0.223. The van der Waals surface area contributed by atoms with E-state index in [1.165, 1.54) is 39.2 Å². The normalized spacial score (nSPS) is 11.7. The molecule has 0 fully saturated rings. The Kier molecular flexibility index (Phi) is 7.26. The SMILES string of the molecule is COc1ccc(/C=C(\C#N)C(=O)O[C@@H](C)C(=O)c2ccc(NC(C)=O)cc2)cc1. The molecule has 1 N–H and O–H groups in total. The molecule has 0 bridgehead atoms. The number of rotatable bonds is 7. The van der Waals surface area contributed by atoms with Gasteiger partial charge in [-0.05, 0) is 55.0 Å². The van der Waals surface area contributed by atoms with E-state index in [1.807, 2.05) is 0 Å². The van der Waals surface area contributed by atoms with E-state index in [4.69, 9.17) is 9.47 Å². The topological polar surface area (TPSA) is 105 Å². The molecule has 1 atom stereocenters. The molecule has 0 spiro atoms. The standard InChI is InChI=1S/C22H20N2O5/c1-14(21(26)17-6-8-19(9-7-17)24-15(2)25)29-22(27)18(13-23)12-16-4-10-20(28-3)11-5-16/h4-12,14H,1-3H3,(H,24,25)/b18-12+/t14-/m0/s1. The predicted molar refractivity (Wildman–Crippen MR) is 107 cm³/mol. The molecule has 0 aromatic heterocycles. The molecule has 0 aliphatic carbocycles. The van der Waals surface area contributed by atoms with E-state index in [-0.39, 0.29) is 11.5 Å². The number of carbonyl (C=O) groups excluding carboxylic acids is 3. The van der Waals surface area contributed by atoms with Crippen molar-refractivity contribution < 1.29 is 23.9 Å². The molecular formula is C22H20N2O5. The second-order valence-electron chi connectivity index (χ2n) is 6.11. The first-order valence-electron chi connectivity index (χ1n) is 8.72. The second-order valence-corrected chi connectivity index (χ2v) is 6.11. The lowest BCUT2D eigenvalue weighted by molar-refractivity contribution is -0.141. The Morgan fingerprint density at radius 1 is 1.07 bits per heavy atom. The lowest BCUT2D eigenvalue weighted by Crippen LogP contribution is -2.25. The van der Waals surface area contributed by atoms with Crippen molar-refractivity contribution in [2.45, 2.75) is 20.0 Å². The number of Topliss-reactive ketones (excluding diaryl/α,β-unsaturated/α-hetero) is 1. The number of nitrogens with zero attached hydrogens (tertiary/aromatic N) is 1. The summed E-state index contributed by atoms with van der Waals surface area (Å²) in [5, 5.41) is 11.9. The van der Waals surface area contributed by atoms with Crippen LogP contribution < -0.4 is 10.1 Å². The van der Waals surface area contributed by atoms with Crippen molar-refractivity contribution in [3.8, 4) is 11.8 Å². The molecule has 0 aliphatic rings. The lowest BCUT2D eigenvalue weighted by atomic mass is 10.1. The Morgan fingerprint density at radius 3 is 2.21 bits per heavy atom. The number of nitrogens with one attached hydrogen (secondary N) is 1. The molecule has 7 heteroatoms. The summed E-state index contributed by atoms with van der Waals surface area (Å²) in [7, 11) is 1.54. The van der Waals surface area contributed by atoms with Gasteiger partial charge in [0.2, 0.25) is 11.7 Å². The number of ketones is 1. The molecule has 0 saturated carbocycles. The van der Waals surface area contributed by atoms with Gasteiger partial charge in [-0.2, -0.15) is 5.26 Å². The summed E-state index contributed by atoms with van der Waals surface area (Å²) in [6.07, 6.45) is 0.294. The van der Waals surface area contributed by atoms with Crippen molar-refractivity contribution in [2.24, 2.45) is 0 Å². The Labute approximate surface area is 168 Å². The fraction of sp³-hybridized carbons (Fsp3) is 0.182. The van der Waals surface area contributed by atoms with Crippen molar-refractivity contribution in [1.82, 2.24) is 0 Å². The Bertz CT molecular complexity index is 970. The summed E-state index contributed by atoms with van der Waals surface area (Å²) in [5.74, 6) is -0.889. The molecule has 7 nitrogen and oxygen atoms in total. The van der Waals surface area contributed by atoms with Crippen LogP contribution in [0.4, 0.5) is 5.69 Å². The average molecular weight is 392 g/mol. The molecular weight excluding hydrogens is 372 g/mol. The summed E-state index contributed by atoms with van der Waals surface area (Å²) in [6, 6.07) is 14.8. The van der Waals surface area contributed by atoms with Gasteiger partial charge in [0, 0.05) is 18.2 Å². The number of benzene rings is 2. The first-order valence-corrected chi connectivity index (χ1v) is 8.72. The van der Waals surface area contributed by atoms with E-state index in [1.54, 1.807) is 42.5 Å². The van der Waals surface area contributed by atoms with Crippen molar-refractivity contribution >= 4 is 29.4 Å². The third-order valence-corrected chi connectivity index (χ3v) is 3.91. The molecule has 29 heavy (non-hydrogen) atoms. The molecule has 0 radical (unpaired) electrons. The summed E-state index contributed by atoms with van der Waals surface area (Å²) < 4.78 is 10.2. The van der Waals surface area contributed by atoms with Crippen molar-refractivity contribution in [2.75, 3.05) is 12.4 Å². The highest BCUT2D eigenvalue weighted by atomic mass is 16.5. The van der Waals surface area contributed by atoms with Crippen LogP contribution in [0.5, 0.6) is 5.75 Å². The van der Waals surface area contributed by atoms with Crippen LogP contribution >= 0.6 is 0 Å². The van der Waals surface area contributed by atoms with Crippen LogP contribution in [0.25, 0.3) is 6.08 Å². The third kappa shape index (κ3) is 6.04. The van der Waals surface area contributed by atoms with E-state index >= 15 is 0 Å². The minimum Gasteiger partial charge on any atom is -0.497 e. The highest BCUT2D eigenvalue weighted by molar-refractivity contribution is 6.03. The maximum absolute atomic E-state index is 12.5. The molecule has 148 valence electrons. The summed E-state index contributed by atoms with van der Waals surface area (Å²) in [6.45, 7) is 2.82. The molecule has 0 aliphatic heterocycles. The lowest BCUT2D eigenvalue weighted by Gasteiger charge is -2.12. The smallest absolute Gasteiger partial charge is 0.349 e. The number of hydrogen-bond donors (Lipinski definition) is 1. The van der Waals surface area contributed by atoms with Crippen LogP contribution in [0.2, 0.25) is 0 Å². The molecule has 2 aromatic carbocycles. The zero-order valence-electron chi connectivity index (χ0n) is 16.3. The Balaban J connectivity index is 2.07. The van der Waals surface area contributed by atoms with Gasteiger partial charge in [0.25, 0.3) is 0 Å². The van der Waals surface area contributed by atoms with Gasteiger partial charge >= 0.3 is 5.97 Å². The van der Waals surface area contributed by atoms with Gasteiger partial charge in [0.05, 0.1) is 7.11 Å². The zero-order valence-corrected chi connectivity index (χ0v) is 16.3. The zero-order chi connectivity index (χ0) is 21.4. The Morgan fingerprint density at radius 2 is 1.69 bits per heavy atom. The number of esters is 1. The molecule has 2 rings (SSSR count). The van der Waals surface area contributed by atoms with Gasteiger partial charge in [-0.1, -0.05) is 12.1 Å². The molecule has 0 unspecified atom stereocenters. The Hall–Kier alpha value is -3.92. The number of methoxy groups -OCH3 is 1. The summed E-state index contributed by atoms with van der Waals surface area (Å²) >= 11 is 0. The van der Waals surface area contributed by atoms with Gasteiger partial charge in [-0.15, -0.1) is 0 Å². The third-order valence-electron chi connectivity index (χ3n) is 3.91. The van der Waals surface area contributed by atoms with Crippen LogP contribution in [-0.2, 0) is 14.3 Å². The monoisotopic (exact) mass is 392 g/mol. The average Bonchev–Trinajstić information content (AvgIpc) is 2.71. The minimum atomic E-state index is -1.08. The second kappa shape index (κ2) is 9.85. The fourth-order valence-electron chi connectivity index (χ4n) is 2.44. The summed E-state index contributed by atoms with van der Waals surface area (Å²) in [5.41, 5.74) is 1.26. The number of amides is 1. The number of anilines is 1. The number of ether oxygens (including phenoxy) is 2. The molecule has 0 heterocycles. The van der Waals surface area contributed by atoms with Gasteiger partial charge in [0.1, 0.15) is 17.4 Å². The van der Waals surface area contributed by atoms with E-state index < -0.39 is 17.9 Å². The first-order chi connectivity index (χ1) is 13.8. The van der Waals surface area contributed by atoms with Crippen molar-refractivity contribution in [3.05, 3.63) is 65.2 Å². The van der Waals surface area contributed by atoms with Gasteiger partial charge in [-0.25, -0.2) is 4.79 Å². The highest BCUT2D eigenvalue weighted by Gasteiger charge is 2.22. The van der Waals surface area contributed by atoms with E-state index in [0.29, 0.717) is 22.6 Å². The fourth-order valence-corrected chi connectivity index (χ4v) is 2.44. The van der Waals surface area contributed by atoms with Crippen LogP contribution in [0.3, 0.4) is 0 Å². The first kappa shape index (κ1) is 21.4. The van der Waals surface area contributed by atoms with Gasteiger partial charge < -0.3 is 14.8 Å². The number of nitriles is 1. The molecule has 0 saturated heterocycles. The van der Waals surface area contributed by atoms with Crippen LogP contribution in [0, 0.1) is 11.3 Å². The number of hydrogen-bond acceptors (Lipinski definition) is 6. The maximum atomic E-state index is 12.5. The van der Waals surface area contributed by atoms with Gasteiger partial charge in [-0.3, -0.25) is 9.59 Å². The van der Waals surface area contributed by atoms with E-state index in [0.717, 1.165) is 0 Å². The van der Waals surface area contributed by atoms with Crippen LogP contribution in [0.15, 0.2) is 54.1 Å². The van der Waals surface area contributed by atoms with E-state index in [2.05, 4.69) is 5.32 Å². The number of carbonyl (C=O) groups is 3. The molecule has 1 amide bonds. The maximum Gasteiger partial charge on any atom is 0.349 e. The largest absolute Gasteiger partial charge is 0.497 e.